The Bertz CT molecular complexity index is 486. The van der Waals surface area contributed by atoms with Crippen LogP contribution in [0, 0.1) is 0 Å². The molecule has 0 radical (unpaired) electrons. The van der Waals surface area contributed by atoms with Crippen molar-refractivity contribution in [3.05, 3.63) is 23.8 Å². The predicted octanol–water partition coefficient (Wildman–Crippen LogP) is 2.01. The summed E-state index contributed by atoms with van der Waals surface area (Å²) in [5.41, 5.74) is 1.85. The molecule has 1 aromatic rings. The smallest absolute Gasteiger partial charge is 0.246 e. The largest absolute Gasteiger partial charge is 0.492 e. The van der Waals surface area contributed by atoms with Gasteiger partial charge in [-0.2, -0.15) is 0 Å². The fraction of sp³-hybridized carbons (Fsp3) is 0.562. The van der Waals surface area contributed by atoms with Gasteiger partial charge in [0.2, 0.25) is 5.91 Å². The average Bonchev–Trinajstić information content (AvgIpc) is 2.79. The van der Waals surface area contributed by atoms with Crippen molar-refractivity contribution < 1.29 is 9.53 Å². The summed E-state index contributed by atoms with van der Waals surface area (Å²) in [4.78, 5) is 14.2. The van der Waals surface area contributed by atoms with Crippen molar-refractivity contribution in [2.75, 3.05) is 38.1 Å². The Labute approximate surface area is 126 Å². The number of hydrogen-bond acceptors (Lipinski definition) is 4. The Balaban J connectivity index is 1.96. The third kappa shape index (κ3) is 3.74. The highest BCUT2D eigenvalue weighted by molar-refractivity contribution is 6.02. The second kappa shape index (κ2) is 7.43. The Kier molecular flexibility index (Phi) is 5.59. The van der Waals surface area contributed by atoms with E-state index >= 15 is 0 Å². The van der Waals surface area contributed by atoms with Gasteiger partial charge in [0.1, 0.15) is 18.4 Å². The third-order valence-corrected chi connectivity index (χ3v) is 3.83. The van der Waals surface area contributed by atoms with Gasteiger partial charge in [-0.25, -0.2) is 0 Å². The Morgan fingerprint density at radius 3 is 2.71 bits per heavy atom. The Morgan fingerprint density at radius 2 is 2.05 bits per heavy atom. The second-order valence-corrected chi connectivity index (χ2v) is 5.10. The summed E-state index contributed by atoms with van der Waals surface area (Å²) >= 11 is 0. The van der Waals surface area contributed by atoms with Crippen molar-refractivity contribution in [2.45, 2.75) is 26.8 Å². The molecule has 2 rings (SSSR count). The van der Waals surface area contributed by atoms with E-state index in [2.05, 4.69) is 29.4 Å². The number of ether oxygens (including phenoxy) is 1. The minimum Gasteiger partial charge on any atom is -0.492 e. The number of rotatable bonds is 8. The predicted molar refractivity (Wildman–Crippen MR) is 84.8 cm³/mol. The van der Waals surface area contributed by atoms with Gasteiger partial charge in [0.15, 0.2) is 0 Å². The normalized spacial score (nSPS) is 17.0. The van der Waals surface area contributed by atoms with Crippen molar-refractivity contribution in [1.29, 1.82) is 0 Å². The molecule has 1 aliphatic heterocycles. The van der Waals surface area contributed by atoms with Crippen molar-refractivity contribution in [1.82, 2.24) is 10.2 Å². The van der Waals surface area contributed by atoms with E-state index in [-0.39, 0.29) is 11.9 Å². The number of fused-ring (bicyclic) bond motifs is 1. The van der Waals surface area contributed by atoms with Gasteiger partial charge >= 0.3 is 0 Å². The number of likely N-dealkylation sites (N-methyl/N-ethyl adjacent to an activating group) is 2. The molecule has 1 heterocycles. The molecule has 1 unspecified atom stereocenters. The average molecular weight is 291 g/mol. The summed E-state index contributed by atoms with van der Waals surface area (Å²) in [7, 11) is 0. The number of hydrogen-bond donors (Lipinski definition) is 2. The molecular weight excluding hydrogens is 266 g/mol. The second-order valence-electron chi connectivity index (χ2n) is 5.10. The van der Waals surface area contributed by atoms with Crippen LogP contribution in [0.5, 0.6) is 5.75 Å². The van der Waals surface area contributed by atoms with Crippen molar-refractivity contribution >= 4 is 11.6 Å². The lowest BCUT2D eigenvalue weighted by Gasteiger charge is -2.18. The van der Waals surface area contributed by atoms with Gasteiger partial charge in [-0.1, -0.05) is 26.8 Å². The summed E-state index contributed by atoms with van der Waals surface area (Å²) in [6.07, 6.45) is 0. The maximum atomic E-state index is 11.9. The summed E-state index contributed by atoms with van der Waals surface area (Å²) in [5.74, 6) is 0.811. The number of amides is 1. The van der Waals surface area contributed by atoms with Crippen LogP contribution in [-0.2, 0) is 4.79 Å². The van der Waals surface area contributed by atoms with E-state index in [1.807, 2.05) is 25.1 Å². The first-order chi connectivity index (χ1) is 10.2. The quantitative estimate of drug-likeness (QED) is 0.769. The molecule has 0 aromatic heterocycles. The Morgan fingerprint density at radius 1 is 1.29 bits per heavy atom. The van der Waals surface area contributed by atoms with Crippen LogP contribution in [-0.4, -0.2) is 43.6 Å². The molecule has 0 spiro atoms. The fourth-order valence-corrected chi connectivity index (χ4v) is 2.57. The molecule has 2 N–H and O–H groups in total. The molecule has 0 bridgehead atoms. The van der Waals surface area contributed by atoms with Crippen molar-refractivity contribution in [3.63, 3.8) is 0 Å². The maximum absolute atomic E-state index is 11.9. The third-order valence-electron chi connectivity index (χ3n) is 3.83. The van der Waals surface area contributed by atoms with Crippen LogP contribution in [0.25, 0.3) is 0 Å². The molecule has 0 saturated heterocycles. The molecule has 1 atom stereocenters. The number of carbonyl (C=O) groups excluding carboxylic acids is 1. The van der Waals surface area contributed by atoms with Crippen LogP contribution in [0.15, 0.2) is 18.2 Å². The highest BCUT2D eigenvalue weighted by Crippen LogP contribution is 2.33. The number of carbonyl (C=O) groups is 1. The van der Waals surface area contributed by atoms with E-state index in [1.165, 1.54) is 0 Å². The summed E-state index contributed by atoms with van der Waals surface area (Å²) in [6, 6.07) is 5.57. The first kappa shape index (κ1) is 15.8. The molecule has 5 nitrogen and oxygen atoms in total. The lowest BCUT2D eigenvalue weighted by molar-refractivity contribution is -0.117. The first-order valence-electron chi connectivity index (χ1n) is 7.72. The van der Waals surface area contributed by atoms with Gasteiger partial charge in [0.05, 0.1) is 0 Å². The van der Waals surface area contributed by atoms with E-state index in [1.54, 1.807) is 0 Å². The van der Waals surface area contributed by atoms with Gasteiger partial charge < -0.3 is 20.3 Å². The van der Waals surface area contributed by atoms with Gasteiger partial charge in [-0.05, 0) is 25.7 Å². The number of anilines is 1. The molecule has 116 valence electrons. The standard InChI is InChI=1S/C16H25N3O2/c1-4-17-15-13-8-7-12(11-14(13)18-16(15)20)21-10-9-19(5-2)6-3/h7-8,11,15,17H,4-6,9-10H2,1-3H3,(H,18,20). The summed E-state index contributed by atoms with van der Waals surface area (Å²) < 4.78 is 5.78. The van der Waals surface area contributed by atoms with Crippen LogP contribution in [0.3, 0.4) is 0 Å². The molecule has 21 heavy (non-hydrogen) atoms. The SMILES string of the molecule is CCNC1C(=O)Nc2cc(OCCN(CC)CC)ccc21. The van der Waals surface area contributed by atoms with Crippen molar-refractivity contribution in [3.8, 4) is 5.75 Å². The minimum atomic E-state index is -0.241. The van der Waals surface area contributed by atoms with E-state index < -0.39 is 0 Å². The highest BCUT2D eigenvalue weighted by atomic mass is 16.5. The molecule has 5 heteroatoms. The summed E-state index contributed by atoms with van der Waals surface area (Å²) in [6.45, 7) is 10.7. The van der Waals surface area contributed by atoms with Gasteiger partial charge in [0.25, 0.3) is 0 Å². The first-order valence-corrected chi connectivity index (χ1v) is 7.72. The number of benzene rings is 1. The molecule has 1 aromatic carbocycles. The zero-order valence-corrected chi connectivity index (χ0v) is 13.1. The van der Waals surface area contributed by atoms with E-state index in [0.717, 1.165) is 43.2 Å². The van der Waals surface area contributed by atoms with Crippen LogP contribution >= 0.6 is 0 Å². The van der Waals surface area contributed by atoms with Crippen molar-refractivity contribution in [2.24, 2.45) is 0 Å². The maximum Gasteiger partial charge on any atom is 0.246 e. The number of nitrogens with one attached hydrogen (secondary N) is 2. The topological polar surface area (TPSA) is 53.6 Å². The van der Waals surface area contributed by atoms with Crippen LogP contribution in [0.4, 0.5) is 5.69 Å². The monoisotopic (exact) mass is 291 g/mol. The van der Waals surface area contributed by atoms with Gasteiger partial charge in [0, 0.05) is 23.9 Å². The molecule has 0 fully saturated rings. The minimum absolute atomic E-state index is 0.00661. The summed E-state index contributed by atoms with van der Waals surface area (Å²) in [5, 5.41) is 6.09. The Hall–Kier alpha value is -1.59. The van der Waals surface area contributed by atoms with E-state index in [4.69, 9.17) is 4.74 Å². The lowest BCUT2D eigenvalue weighted by atomic mass is 10.1. The molecule has 1 aliphatic rings. The van der Waals surface area contributed by atoms with Crippen LogP contribution in [0.2, 0.25) is 0 Å². The van der Waals surface area contributed by atoms with Crippen LogP contribution < -0.4 is 15.4 Å². The van der Waals surface area contributed by atoms with Gasteiger partial charge in [-0.3, -0.25) is 4.79 Å². The lowest BCUT2D eigenvalue weighted by Crippen LogP contribution is -2.27. The van der Waals surface area contributed by atoms with E-state index in [9.17, 15) is 4.79 Å². The van der Waals surface area contributed by atoms with Crippen LogP contribution in [0.1, 0.15) is 32.4 Å². The molecule has 0 saturated carbocycles. The highest BCUT2D eigenvalue weighted by Gasteiger charge is 2.29. The fourth-order valence-electron chi connectivity index (χ4n) is 2.57. The molecule has 0 aliphatic carbocycles. The van der Waals surface area contributed by atoms with E-state index in [0.29, 0.717) is 6.61 Å². The zero-order chi connectivity index (χ0) is 15.2. The number of nitrogens with zero attached hydrogens (tertiary/aromatic N) is 1. The van der Waals surface area contributed by atoms with Gasteiger partial charge in [-0.15, -0.1) is 0 Å². The molecule has 1 amide bonds. The zero-order valence-electron chi connectivity index (χ0n) is 13.1. The molecular formula is C16H25N3O2.